The molecule has 1 saturated heterocycles. The van der Waals surface area contributed by atoms with Gasteiger partial charge in [-0.05, 0) is 24.8 Å². The van der Waals surface area contributed by atoms with Gasteiger partial charge < -0.3 is 0 Å². The summed E-state index contributed by atoms with van der Waals surface area (Å²) in [7, 11) is -3.72. The lowest BCUT2D eigenvalue weighted by atomic mass is 10.2. The summed E-state index contributed by atoms with van der Waals surface area (Å²) in [6.45, 7) is 1.27. The van der Waals surface area contributed by atoms with E-state index in [1.165, 1.54) is 10.5 Å². The number of carbonyl (C=O) groups is 1. The van der Waals surface area contributed by atoms with Gasteiger partial charge in [0.1, 0.15) is 0 Å². The Labute approximate surface area is 147 Å². The molecule has 1 aromatic heterocycles. The molecule has 0 bridgehead atoms. The zero-order valence-electron chi connectivity index (χ0n) is 13.8. The minimum Gasteiger partial charge on any atom is -0.268 e. The maximum Gasteiger partial charge on any atom is 0.306 e. The SMILES string of the molecule is O=C(c1cnn(Cc2ccccc2)c1)N1CCCN(C2CC2)S1(=O)=O. The quantitative estimate of drug-likeness (QED) is 0.828. The van der Waals surface area contributed by atoms with E-state index in [4.69, 9.17) is 0 Å². The molecule has 2 aromatic rings. The molecule has 1 aliphatic heterocycles. The summed E-state index contributed by atoms with van der Waals surface area (Å²) in [4.78, 5) is 12.7. The predicted octanol–water partition coefficient (Wildman–Crippen LogP) is 1.49. The van der Waals surface area contributed by atoms with Crippen LogP contribution in [-0.2, 0) is 16.8 Å². The van der Waals surface area contributed by atoms with Gasteiger partial charge in [0.2, 0.25) is 0 Å². The molecule has 8 heteroatoms. The van der Waals surface area contributed by atoms with Crippen LogP contribution in [0.1, 0.15) is 35.2 Å². The van der Waals surface area contributed by atoms with E-state index in [9.17, 15) is 13.2 Å². The number of aromatic nitrogens is 2. The maximum absolute atomic E-state index is 12.7. The van der Waals surface area contributed by atoms with Crippen molar-refractivity contribution in [2.75, 3.05) is 13.1 Å². The van der Waals surface area contributed by atoms with Crippen molar-refractivity contribution in [1.29, 1.82) is 0 Å². The Kier molecular flexibility index (Phi) is 4.09. The van der Waals surface area contributed by atoms with Crippen molar-refractivity contribution < 1.29 is 13.2 Å². The van der Waals surface area contributed by atoms with Gasteiger partial charge in [-0.15, -0.1) is 0 Å². The summed E-state index contributed by atoms with van der Waals surface area (Å²) in [5, 5.41) is 4.20. The molecule has 1 aliphatic carbocycles. The first-order valence-corrected chi connectivity index (χ1v) is 9.85. The largest absolute Gasteiger partial charge is 0.306 e. The second-order valence-corrected chi connectivity index (χ2v) is 8.30. The van der Waals surface area contributed by atoms with Crippen LogP contribution in [-0.4, -0.2) is 51.8 Å². The zero-order valence-corrected chi connectivity index (χ0v) is 14.6. The highest BCUT2D eigenvalue weighted by atomic mass is 32.2. The normalized spacial score (nSPS) is 20.6. The number of hydrogen-bond acceptors (Lipinski definition) is 4. The van der Waals surface area contributed by atoms with E-state index in [1.54, 1.807) is 10.9 Å². The van der Waals surface area contributed by atoms with Crippen molar-refractivity contribution >= 4 is 16.1 Å². The highest BCUT2D eigenvalue weighted by molar-refractivity contribution is 7.87. The van der Waals surface area contributed by atoms with Gasteiger partial charge in [0.05, 0.1) is 18.3 Å². The third-order valence-corrected chi connectivity index (χ3v) is 6.54. The molecule has 0 spiro atoms. The smallest absolute Gasteiger partial charge is 0.268 e. The highest BCUT2D eigenvalue weighted by Gasteiger charge is 2.44. The van der Waals surface area contributed by atoms with Crippen molar-refractivity contribution in [3.63, 3.8) is 0 Å². The van der Waals surface area contributed by atoms with Crippen molar-refractivity contribution in [3.8, 4) is 0 Å². The van der Waals surface area contributed by atoms with Crippen LogP contribution in [0.15, 0.2) is 42.7 Å². The third kappa shape index (κ3) is 3.19. The predicted molar refractivity (Wildman–Crippen MR) is 92.1 cm³/mol. The molecule has 2 fully saturated rings. The van der Waals surface area contributed by atoms with Crippen LogP contribution in [0.4, 0.5) is 0 Å². The number of carbonyl (C=O) groups excluding carboxylic acids is 1. The lowest BCUT2D eigenvalue weighted by Crippen LogP contribution is -2.52. The van der Waals surface area contributed by atoms with Crippen LogP contribution in [0.25, 0.3) is 0 Å². The van der Waals surface area contributed by atoms with Gasteiger partial charge in [-0.25, -0.2) is 4.31 Å². The molecule has 132 valence electrons. The van der Waals surface area contributed by atoms with Crippen molar-refractivity contribution in [1.82, 2.24) is 18.4 Å². The number of rotatable bonds is 4. The summed E-state index contributed by atoms with van der Waals surface area (Å²) in [5.41, 5.74) is 1.37. The minimum atomic E-state index is -3.72. The molecule has 1 saturated carbocycles. The zero-order chi connectivity index (χ0) is 17.4. The number of amides is 1. The summed E-state index contributed by atoms with van der Waals surface area (Å²) >= 11 is 0. The lowest BCUT2D eigenvalue weighted by Gasteiger charge is -2.34. The number of nitrogens with zero attached hydrogens (tertiary/aromatic N) is 4. The maximum atomic E-state index is 12.7. The molecule has 2 heterocycles. The van der Waals surface area contributed by atoms with Crippen LogP contribution in [0.3, 0.4) is 0 Å². The summed E-state index contributed by atoms with van der Waals surface area (Å²) in [5.74, 6) is -0.496. The number of benzene rings is 1. The van der Waals surface area contributed by atoms with Crippen LogP contribution in [0.2, 0.25) is 0 Å². The fourth-order valence-corrected chi connectivity index (χ4v) is 5.02. The van der Waals surface area contributed by atoms with E-state index in [1.807, 2.05) is 30.3 Å². The molecule has 0 unspecified atom stereocenters. The Morgan fingerprint density at radius 2 is 1.92 bits per heavy atom. The van der Waals surface area contributed by atoms with E-state index >= 15 is 0 Å². The Morgan fingerprint density at radius 3 is 2.64 bits per heavy atom. The fourth-order valence-electron chi connectivity index (χ4n) is 3.14. The fraction of sp³-hybridized carbons (Fsp3) is 0.412. The van der Waals surface area contributed by atoms with E-state index in [0.717, 1.165) is 22.7 Å². The molecule has 25 heavy (non-hydrogen) atoms. The highest BCUT2D eigenvalue weighted by Crippen LogP contribution is 2.33. The van der Waals surface area contributed by atoms with Crippen molar-refractivity contribution in [3.05, 3.63) is 53.9 Å². The molecule has 7 nitrogen and oxygen atoms in total. The van der Waals surface area contributed by atoms with E-state index in [0.29, 0.717) is 25.1 Å². The molecular weight excluding hydrogens is 340 g/mol. The van der Waals surface area contributed by atoms with Gasteiger partial charge in [-0.3, -0.25) is 9.48 Å². The molecule has 2 aliphatic rings. The Bertz CT molecular complexity index is 874. The molecular formula is C17H20N4O3S. The second kappa shape index (κ2) is 6.27. The minimum absolute atomic E-state index is 0.0707. The standard InChI is InChI=1S/C17H20N4O3S/c22-17(21-10-4-9-20(16-7-8-16)25(21,23)24)15-11-18-19(13-15)12-14-5-2-1-3-6-14/h1-3,5-6,11,13,16H,4,7-10,12H2. The molecule has 4 rings (SSSR count). The Hall–Kier alpha value is -2.19. The Morgan fingerprint density at radius 1 is 1.16 bits per heavy atom. The van der Waals surface area contributed by atoms with Gasteiger partial charge in [0.25, 0.3) is 5.91 Å². The first kappa shape index (κ1) is 16.3. The summed E-state index contributed by atoms with van der Waals surface area (Å²) in [6.07, 6.45) is 5.49. The van der Waals surface area contributed by atoms with Crippen LogP contribution in [0, 0.1) is 0 Å². The van der Waals surface area contributed by atoms with Gasteiger partial charge in [-0.1, -0.05) is 30.3 Å². The Balaban J connectivity index is 1.53. The van der Waals surface area contributed by atoms with Crippen LogP contribution < -0.4 is 0 Å². The molecule has 1 amide bonds. The van der Waals surface area contributed by atoms with Gasteiger partial charge >= 0.3 is 10.2 Å². The molecule has 0 N–H and O–H groups in total. The van der Waals surface area contributed by atoms with Crippen LogP contribution in [0.5, 0.6) is 0 Å². The monoisotopic (exact) mass is 360 g/mol. The summed E-state index contributed by atoms with van der Waals surface area (Å²) < 4.78 is 29.5. The summed E-state index contributed by atoms with van der Waals surface area (Å²) in [6, 6.07) is 9.85. The molecule has 1 aromatic carbocycles. The number of hydrogen-bond donors (Lipinski definition) is 0. The lowest BCUT2D eigenvalue weighted by molar-refractivity contribution is 0.0836. The van der Waals surface area contributed by atoms with Crippen LogP contribution >= 0.6 is 0 Å². The topological polar surface area (TPSA) is 75.5 Å². The van der Waals surface area contributed by atoms with Crippen molar-refractivity contribution in [2.45, 2.75) is 31.8 Å². The second-order valence-electron chi connectivity index (χ2n) is 6.49. The van der Waals surface area contributed by atoms with Gasteiger partial charge in [0, 0.05) is 25.3 Å². The average molecular weight is 360 g/mol. The van der Waals surface area contributed by atoms with E-state index in [2.05, 4.69) is 5.10 Å². The van der Waals surface area contributed by atoms with E-state index < -0.39 is 16.1 Å². The first-order valence-electron chi connectivity index (χ1n) is 8.46. The molecule has 0 atom stereocenters. The molecule has 0 radical (unpaired) electrons. The van der Waals surface area contributed by atoms with Gasteiger partial charge in [0.15, 0.2) is 0 Å². The van der Waals surface area contributed by atoms with Gasteiger partial charge in [-0.2, -0.15) is 17.8 Å². The average Bonchev–Trinajstić information content (AvgIpc) is 3.33. The van der Waals surface area contributed by atoms with E-state index in [-0.39, 0.29) is 12.6 Å². The third-order valence-electron chi connectivity index (χ3n) is 4.56. The van der Waals surface area contributed by atoms with Crippen molar-refractivity contribution in [2.24, 2.45) is 0 Å². The first-order chi connectivity index (χ1) is 12.1.